The van der Waals surface area contributed by atoms with Crippen LogP contribution in [0.2, 0.25) is 0 Å². The van der Waals surface area contributed by atoms with Crippen molar-refractivity contribution >= 4 is 17.7 Å². The predicted molar refractivity (Wildman–Crippen MR) is 64.2 cm³/mol. The van der Waals surface area contributed by atoms with Crippen LogP contribution >= 0.6 is 11.8 Å². The maximum Gasteiger partial charge on any atom is 0.239 e. The van der Waals surface area contributed by atoms with E-state index < -0.39 is 0 Å². The maximum absolute atomic E-state index is 12.2. The standard InChI is InChI=1S/C11H20N2OS/c1-12-6-3-4-10(12)11(14)13(2)9-5-7-15-8-9/h9-10H,3-8H2,1-2H3/t9?,10-/m1/s1. The van der Waals surface area contributed by atoms with Crippen LogP contribution in [0.3, 0.4) is 0 Å². The first-order valence-corrected chi connectivity index (χ1v) is 6.90. The highest BCUT2D eigenvalue weighted by Crippen LogP contribution is 2.24. The third-order valence-corrected chi connectivity index (χ3v) is 4.75. The van der Waals surface area contributed by atoms with Crippen LogP contribution in [0.15, 0.2) is 0 Å². The normalized spacial score (nSPS) is 32.1. The van der Waals surface area contributed by atoms with Crippen LogP contribution in [0.1, 0.15) is 19.3 Å². The number of carbonyl (C=O) groups excluding carboxylic acids is 1. The quantitative estimate of drug-likeness (QED) is 0.706. The summed E-state index contributed by atoms with van der Waals surface area (Å²) < 4.78 is 0. The summed E-state index contributed by atoms with van der Waals surface area (Å²) in [5, 5.41) is 0. The zero-order valence-corrected chi connectivity index (χ0v) is 10.4. The monoisotopic (exact) mass is 228 g/mol. The Labute approximate surface area is 96.2 Å². The molecule has 2 aliphatic rings. The molecule has 86 valence electrons. The zero-order valence-electron chi connectivity index (χ0n) is 9.61. The average molecular weight is 228 g/mol. The maximum atomic E-state index is 12.2. The van der Waals surface area contributed by atoms with Crippen molar-refractivity contribution in [2.24, 2.45) is 0 Å². The van der Waals surface area contributed by atoms with Gasteiger partial charge in [0, 0.05) is 18.8 Å². The Hall–Kier alpha value is -0.220. The van der Waals surface area contributed by atoms with Crippen LogP contribution in [0.25, 0.3) is 0 Å². The molecule has 2 rings (SSSR count). The molecule has 0 aliphatic carbocycles. The molecule has 0 bridgehead atoms. The number of nitrogens with zero attached hydrogens (tertiary/aromatic N) is 2. The smallest absolute Gasteiger partial charge is 0.239 e. The topological polar surface area (TPSA) is 23.6 Å². The number of amides is 1. The molecule has 0 radical (unpaired) electrons. The van der Waals surface area contributed by atoms with Crippen LogP contribution < -0.4 is 0 Å². The van der Waals surface area contributed by atoms with Crippen LogP contribution in [-0.2, 0) is 4.79 Å². The lowest BCUT2D eigenvalue weighted by molar-refractivity contribution is -0.135. The van der Waals surface area contributed by atoms with E-state index in [-0.39, 0.29) is 6.04 Å². The lowest BCUT2D eigenvalue weighted by Gasteiger charge is -2.29. The summed E-state index contributed by atoms with van der Waals surface area (Å²) in [5.74, 6) is 2.67. The SMILES string of the molecule is CN(C(=O)[C@H]1CCCN1C)C1CCSC1. The lowest BCUT2D eigenvalue weighted by atomic mass is 10.1. The average Bonchev–Trinajstić information content (AvgIpc) is 2.85. The first-order chi connectivity index (χ1) is 7.20. The summed E-state index contributed by atoms with van der Waals surface area (Å²) in [4.78, 5) is 16.4. The second-order valence-corrected chi connectivity index (χ2v) is 5.76. The molecular formula is C11H20N2OS. The minimum Gasteiger partial charge on any atom is -0.341 e. The van der Waals surface area contributed by atoms with Crippen LogP contribution in [0, 0.1) is 0 Å². The lowest BCUT2D eigenvalue weighted by Crippen LogP contribution is -2.46. The number of carbonyl (C=O) groups is 1. The molecular weight excluding hydrogens is 208 g/mol. The fraction of sp³-hybridized carbons (Fsp3) is 0.909. The van der Waals surface area contributed by atoms with E-state index in [2.05, 4.69) is 11.9 Å². The highest BCUT2D eigenvalue weighted by molar-refractivity contribution is 7.99. The largest absolute Gasteiger partial charge is 0.341 e. The zero-order chi connectivity index (χ0) is 10.8. The molecule has 0 spiro atoms. The van der Waals surface area contributed by atoms with Crippen molar-refractivity contribution in [3.63, 3.8) is 0 Å². The van der Waals surface area contributed by atoms with E-state index in [1.54, 1.807) is 0 Å². The highest BCUT2D eigenvalue weighted by Gasteiger charge is 2.33. The molecule has 2 saturated heterocycles. The molecule has 2 heterocycles. The van der Waals surface area contributed by atoms with Crippen LogP contribution in [0.5, 0.6) is 0 Å². The van der Waals surface area contributed by atoms with Gasteiger partial charge in [0.25, 0.3) is 0 Å². The van der Waals surface area contributed by atoms with E-state index >= 15 is 0 Å². The van der Waals surface area contributed by atoms with Gasteiger partial charge in [-0.2, -0.15) is 11.8 Å². The number of rotatable bonds is 2. The third-order valence-electron chi connectivity index (χ3n) is 3.61. The molecule has 2 aliphatic heterocycles. The minimum absolute atomic E-state index is 0.153. The molecule has 0 aromatic carbocycles. The minimum atomic E-state index is 0.153. The summed E-state index contributed by atoms with van der Waals surface area (Å²) in [6, 6.07) is 0.636. The van der Waals surface area contributed by atoms with Gasteiger partial charge in [-0.05, 0) is 38.6 Å². The van der Waals surface area contributed by atoms with Gasteiger partial charge in [0.05, 0.1) is 6.04 Å². The fourth-order valence-corrected chi connectivity index (χ4v) is 3.73. The number of likely N-dealkylation sites (N-methyl/N-ethyl adjacent to an activating group) is 2. The van der Waals surface area contributed by atoms with Gasteiger partial charge in [0.1, 0.15) is 0 Å². The van der Waals surface area contributed by atoms with E-state index in [0.29, 0.717) is 11.9 Å². The molecule has 1 amide bonds. The molecule has 0 N–H and O–H groups in total. The molecule has 0 saturated carbocycles. The molecule has 2 atom stereocenters. The fourth-order valence-electron chi connectivity index (χ4n) is 2.46. The molecule has 0 aromatic heterocycles. The second kappa shape index (κ2) is 4.74. The number of thioether (sulfide) groups is 1. The van der Waals surface area contributed by atoms with E-state index in [1.165, 1.54) is 18.6 Å². The summed E-state index contributed by atoms with van der Waals surface area (Å²) in [6.07, 6.45) is 3.38. The van der Waals surface area contributed by atoms with Gasteiger partial charge in [0.2, 0.25) is 5.91 Å². The van der Waals surface area contributed by atoms with E-state index in [9.17, 15) is 4.79 Å². The van der Waals surface area contributed by atoms with Crippen molar-refractivity contribution in [3.05, 3.63) is 0 Å². The Balaban J connectivity index is 1.94. The van der Waals surface area contributed by atoms with Crippen molar-refractivity contribution in [3.8, 4) is 0 Å². The van der Waals surface area contributed by atoms with E-state index in [4.69, 9.17) is 0 Å². The number of hydrogen-bond donors (Lipinski definition) is 0. The summed E-state index contributed by atoms with van der Waals surface area (Å²) in [7, 11) is 4.04. The van der Waals surface area contributed by atoms with Gasteiger partial charge in [-0.1, -0.05) is 0 Å². The van der Waals surface area contributed by atoms with Gasteiger partial charge in [-0.15, -0.1) is 0 Å². The Morgan fingerprint density at radius 1 is 1.47 bits per heavy atom. The van der Waals surface area contributed by atoms with Crippen LogP contribution in [0.4, 0.5) is 0 Å². The summed E-state index contributed by atoms with van der Waals surface area (Å²) in [5.41, 5.74) is 0. The molecule has 3 nitrogen and oxygen atoms in total. The summed E-state index contributed by atoms with van der Waals surface area (Å²) >= 11 is 1.96. The molecule has 0 aromatic rings. The number of hydrogen-bond acceptors (Lipinski definition) is 3. The van der Waals surface area contributed by atoms with Crippen LogP contribution in [-0.4, -0.2) is 59.9 Å². The van der Waals surface area contributed by atoms with Gasteiger partial charge in [-0.25, -0.2) is 0 Å². The van der Waals surface area contributed by atoms with Gasteiger partial charge < -0.3 is 4.90 Å². The predicted octanol–water partition coefficient (Wildman–Crippen LogP) is 1.04. The van der Waals surface area contributed by atoms with Crippen molar-refractivity contribution < 1.29 is 4.79 Å². The molecule has 2 fully saturated rings. The van der Waals surface area contributed by atoms with Crippen molar-refractivity contribution in [1.29, 1.82) is 0 Å². The number of likely N-dealkylation sites (tertiary alicyclic amines) is 1. The van der Waals surface area contributed by atoms with Crippen molar-refractivity contribution in [1.82, 2.24) is 9.80 Å². The highest BCUT2D eigenvalue weighted by atomic mass is 32.2. The van der Waals surface area contributed by atoms with Gasteiger partial charge >= 0.3 is 0 Å². The molecule has 4 heteroatoms. The third kappa shape index (κ3) is 2.31. The Kier molecular flexibility index (Phi) is 3.57. The first kappa shape index (κ1) is 11.3. The Morgan fingerprint density at radius 2 is 2.27 bits per heavy atom. The summed E-state index contributed by atoms with van der Waals surface area (Å²) in [6.45, 7) is 1.07. The second-order valence-electron chi connectivity index (χ2n) is 4.61. The van der Waals surface area contributed by atoms with Gasteiger partial charge in [0.15, 0.2) is 0 Å². The van der Waals surface area contributed by atoms with Gasteiger partial charge in [-0.3, -0.25) is 9.69 Å². The Bertz CT molecular complexity index is 241. The van der Waals surface area contributed by atoms with E-state index in [1.807, 2.05) is 23.7 Å². The molecule has 1 unspecified atom stereocenters. The van der Waals surface area contributed by atoms with Crippen molar-refractivity contribution in [2.75, 3.05) is 32.1 Å². The first-order valence-electron chi connectivity index (χ1n) is 5.75. The van der Waals surface area contributed by atoms with Crippen molar-refractivity contribution in [2.45, 2.75) is 31.3 Å². The Morgan fingerprint density at radius 3 is 2.80 bits per heavy atom. The van der Waals surface area contributed by atoms with E-state index in [0.717, 1.165) is 18.7 Å². The molecule has 15 heavy (non-hydrogen) atoms.